The molecular weight excluding hydrogens is 202 g/mol. The number of nitrogens with one attached hydrogen (secondary N) is 1. The van der Waals surface area contributed by atoms with Crippen LogP contribution in [0.4, 0.5) is 0 Å². The summed E-state index contributed by atoms with van der Waals surface area (Å²) in [6.45, 7) is 9.05. The Morgan fingerprint density at radius 3 is 2.62 bits per heavy atom. The predicted octanol–water partition coefficient (Wildman–Crippen LogP) is -0.0172. The maximum atomic E-state index is 9.59. The number of aliphatic hydroxyl groups is 1. The van der Waals surface area contributed by atoms with E-state index < -0.39 is 5.60 Å². The second-order valence-electron chi connectivity index (χ2n) is 5.66. The molecule has 0 amide bonds. The van der Waals surface area contributed by atoms with Gasteiger partial charge >= 0.3 is 0 Å². The maximum Gasteiger partial charge on any atom is 0.0603 e. The second-order valence-corrected chi connectivity index (χ2v) is 5.66. The van der Waals surface area contributed by atoms with Crippen LogP contribution in [-0.4, -0.2) is 73.4 Å². The van der Waals surface area contributed by atoms with Crippen molar-refractivity contribution in [1.82, 2.24) is 15.1 Å². The molecule has 2 N–H and O–H groups in total. The van der Waals surface area contributed by atoms with Crippen LogP contribution in [0.15, 0.2) is 0 Å². The van der Waals surface area contributed by atoms with Gasteiger partial charge in [-0.05, 0) is 40.9 Å². The average Bonchev–Trinajstić information content (AvgIpc) is 2.16. The van der Waals surface area contributed by atoms with E-state index in [4.69, 9.17) is 0 Å². The summed E-state index contributed by atoms with van der Waals surface area (Å²) < 4.78 is 0. The van der Waals surface area contributed by atoms with Gasteiger partial charge < -0.3 is 15.3 Å². The molecule has 0 bridgehead atoms. The van der Waals surface area contributed by atoms with Gasteiger partial charge in [0.15, 0.2) is 0 Å². The van der Waals surface area contributed by atoms with E-state index in [2.05, 4.69) is 29.2 Å². The van der Waals surface area contributed by atoms with E-state index in [0.29, 0.717) is 6.04 Å². The van der Waals surface area contributed by atoms with Crippen LogP contribution < -0.4 is 5.32 Å². The summed E-state index contributed by atoms with van der Waals surface area (Å²) in [5, 5.41) is 13.0. The Balaban J connectivity index is 2.16. The lowest BCUT2D eigenvalue weighted by Gasteiger charge is -2.38. The predicted molar refractivity (Wildman–Crippen MR) is 67.7 cm³/mol. The van der Waals surface area contributed by atoms with Gasteiger partial charge in [-0.2, -0.15) is 0 Å². The van der Waals surface area contributed by atoms with Gasteiger partial charge in [0.25, 0.3) is 0 Å². The summed E-state index contributed by atoms with van der Waals surface area (Å²) in [4.78, 5) is 4.79. The van der Waals surface area contributed by atoms with Gasteiger partial charge in [0.1, 0.15) is 0 Å². The molecule has 1 saturated heterocycles. The summed E-state index contributed by atoms with van der Waals surface area (Å²) in [7, 11) is 4.37. The van der Waals surface area contributed by atoms with Crippen molar-refractivity contribution in [2.75, 3.05) is 46.8 Å². The zero-order chi connectivity index (χ0) is 12.2. The molecule has 0 saturated carbocycles. The Morgan fingerprint density at radius 2 is 2.00 bits per heavy atom. The first-order valence-corrected chi connectivity index (χ1v) is 6.20. The van der Waals surface area contributed by atoms with Gasteiger partial charge in [0.2, 0.25) is 0 Å². The number of hydrogen-bond acceptors (Lipinski definition) is 4. The van der Waals surface area contributed by atoms with Crippen LogP contribution in [-0.2, 0) is 0 Å². The SMILES string of the molecule is CN1CCN(C)C(CNCCC(C)(C)O)C1. The highest BCUT2D eigenvalue weighted by Crippen LogP contribution is 2.07. The summed E-state index contributed by atoms with van der Waals surface area (Å²) in [6, 6.07) is 0.598. The lowest BCUT2D eigenvalue weighted by molar-refractivity contribution is 0.0688. The van der Waals surface area contributed by atoms with Crippen LogP contribution in [0.25, 0.3) is 0 Å². The highest BCUT2D eigenvalue weighted by atomic mass is 16.3. The van der Waals surface area contributed by atoms with E-state index >= 15 is 0 Å². The molecule has 0 aliphatic carbocycles. The molecule has 1 rings (SSSR count). The van der Waals surface area contributed by atoms with Crippen molar-refractivity contribution in [3.8, 4) is 0 Å². The lowest BCUT2D eigenvalue weighted by atomic mass is 10.1. The summed E-state index contributed by atoms with van der Waals surface area (Å²) >= 11 is 0. The first-order valence-electron chi connectivity index (χ1n) is 6.20. The molecule has 1 aliphatic rings. The Morgan fingerprint density at radius 1 is 1.31 bits per heavy atom. The van der Waals surface area contributed by atoms with Crippen molar-refractivity contribution in [1.29, 1.82) is 0 Å². The fourth-order valence-corrected chi connectivity index (χ4v) is 1.98. The van der Waals surface area contributed by atoms with Crippen LogP contribution in [0, 0.1) is 0 Å². The van der Waals surface area contributed by atoms with E-state index in [1.54, 1.807) is 0 Å². The van der Waals surface area contributed by atoms with Gasteiger partial charge in [-0.25, -0.2) is 0 Å². The van der Waals surface area contributed by atoms with Gasteiger partial charge in [-0.1, -0.05) is 0 Å². The second kappa shape index (κ2) is 5.96. The lowest BCUT2D eigenvalue weighted by Crippen LogP contribution is -2.54. The molecule has 0 aromatic carbocycles. The summed E-state index contributed by atoms with van der Waals surface area (Å²) in [5.74, 6) is 0. The molecule has 0 spiro atoms. The largest absolute Gasteiger partial charge is 0.390 e. The number of nitrogens with zero attached hydrogens (tertiary/aromatic N) is 2. The molecule has 96 valence electrons. The smallest absolute Gasteiger partial charge is 0.0603 e. The molecule has 1 unspecified atom stereocenters. The first kappa shape index (κ1) is 13.9. The zero-order valence-electron chi connectivity index (χ0n) is 11.2. The quantitative estimate of drug-likeness (QED) is 0.650. The highest BCUT2D eigenvalue weighted by molar-refractivity contribution is 4.80. The van der Waals surface area contributed by atoms with Crippen molar-refractivity contribution >= 4 is 0 Å². The van der Waals surface area contributed by atoms with Crippen LogP contribution in [0.5, 0.6) is 0 Å². The third-order valence-electron chi connectivity index (χ3n) is 3.27. The Hall–Kier alpha value is -0.160. The first-order chi connectivity index (χ1) is 7.38. The number of rotatable bonds is 5. The molecule has 0 radical (unpaired) electrons. The molecule has 4 nitrogen and oxygen atoms in total. The fraction of sp³-hybridized carbons (Fsp3) is 1.00. The van der Waals surface area contributed by atoms with Crippen molar-refractivity contribution < 1.29 is 5.11 Å². The van der Waals surface area contributed by atoms with Gasteiger partial charge in [-0.15, -0.1) is 0 Å². The average molecular weight is 229 g/mol. The molecule has 1 aliphatic heterocycles. The van der Waals surface area contributed by atoms with Crippen LogP contribution >= 0.6 is 0 Å². The van der Waals surface area contributed by atoms with E-state index in [1.165, 1.54) is 0 Å². The third kappa shape index (κ3) is 5.25. The molecule has 0 aromatic rings. The number of hydrogen-bond donors (Lipinski definition) is 2. The molecule has 1 heterocycles. The van der Waals surface area contributed by atoms with Crippen molar-refractivity contribution in [3.63, 3.8) is 0 Å². The summed E-state index contributed by atoms with van der Waals surface area (Å²) in [5.41, 5.74) is -0.553. The molecule has 0 aromatic heterocycles. The van der Waals surface area contributed by atoms with E-state index in [1.807, 2.05) is 13.8 Å². The summed E-state index contributed by atoms with van der Waals surface area (Å²) in [6.07, 6.45) is 0.805. The minimum absolute atomic E-state index is 0.553. The molecule has 1 fully saturated rings. The van der Waals surface area contributed by atoms with Gasteiger partial charge in [0.05, 0.1) is 5.60 Å². The van der Waals surface area contributed by atoms with Crippen LogP contribution in [0.2, 0.25) is 0 Å². The Labute approximate surface area is 99.6 Å². The molecule has 16 heavy (non-hydrogen) atoms. The number of likely N-dealkylation sites (N-methyl/N-ethyl adjacent to an activating group) is 2. The minimum Gasteiger partial charge on any atom is -0.390 e. The van der Waals surface area contributed by atoms with Crippen molar-refractivity contribution in [2.24, 2.45) is 0 Å². The highest BCUT2D eigenvalue weighted by Gasteiger charge is 2.21. The van der Waals surface area contributed by atoms with E-state index in [-0.39, 0.29) is 0 Å². The topological polar surface area (TPSA) is 38.7 Å². The van der Waals surface area contributed by atoms with Crippen molar-refractivity contribution in [2.45, 2.75) is 31.9 Å². The van der Waals surface area contributed by atoms with Gasteiger partial charge in [0, 0.05) is 32.2 Å². The van der Waals surface area contributed by atoms with E-state index in [9.17, 15) is 5.11 Å². The molecule has 1 atom stereocenters. The molecule has 4 heteroatoms. The standard InChI is InChI=1S/C12H27N3O/c1-12(2,16)5-6-13-9-11-10-14(3)7-8-15(11)4/h11,13,16H,5-10H2,1-4H3. The third-order valence-corrected chi connectivity index (χ3v) is 3.27. The van der Waals surface area contributed by atoms with E-state index in [0.717, 1.165) is 39.1 Å². The fourth-order valence-electron chi connectivity index (χ4n) is 1.98. The Bertz CT molecular complexity index is 203. The van der Waals surface area contributed by atoms with Crippen LogP contribution in [0.1, 0.15) is 20.3 Å². The van der Waals surface area contributed by atoms with Crippen molar-refractivity contribution in [3.05, 3.63) is 0 Å². The zero-order valence-corrected chi connectivity index (χ0v) is 11.2. The number of piperazine rings is 1. The van der Waals surface area contributed by atoms with Crippen LogP contribution in [0.3, 0.4) is 0 Å². The maximum absolute atomic E-state index is 9.59. The molecular formula is C12H27N3O. The monoisotopic (exact) mass is 229 g/mol. The minimum atomic E-state index is -0.553. The van der Waals surface area contributed by atoms with Gasteiger partial charge in [-0.3, -0.25) is 4.90 Å². The normalized spacial score (nSPS) is 24.9. The Kier molecular flexibility index (Phi) is 5.18.